The van der Waals surface area contributed by atoms with E-state index in [1.807, 2.05) is 0 Å². The first-order valence-corrected chi connectivity index (χ1v) is 9.45. The van der Waals surface area contributed by atoms with Crippen LogP contribution < -0.4 is 4.80 Å². The maximum atomic E-state index is 11.4. The summed E-state index contributed by atoms with van der Waals surface area (Å²) in [7, 11) is 1.46. The number of methoxy groups -OCH3 is 1. The summed E-state index contributed by atoms with van der Waals surface area (Å²) in [5, 5.41) is 2.19. The SMILES string of the molecule is Br.COC(=O)CCc1csc(=NC2CCCCCC2)n1C1CC1. The average Bonchev–Trinajstić information content (AvgIpc) is 3.32. The molecule has 1 heterocycles. The van der Waals surface area contributed by atoms with Crippen LogP contribution in [-0.4, -0.2) is 23.7 Å². The van der Waals surface area contributed by atoms with Gasteiger partial charge in [-0.05, 0) is 32.1 Å². The van der Waals surface area contributed by atoms with Crippen molar-refractivity contribution in [3.8, 4) is 0 Å². The van der Waals surface area contributed by atoms with Crippen LogP contribution in [0.1, 0.15) is 69.5 Å². The van der Waals surface area contributed by atoms with E-state index < -0.39 is 0 Å². The van der Waals surface area contributed by atoms with Gasteiger partial charge in [0.05, 0.1) is 19.6 Å². The van der Waals surface area contributed by atoms with E-state index in [1.165, 1.54) is 69.0 Å². The number of thiazole rings is 1. The van der Waals surface area contributed by atoms with Crippen LogP contribution in [0.15, 0.2) is 10.4 Å². The number of aryl methyl sites for hydroxylation is 1. The number of carbonyl (C=O) groups is 1. The molecule has 4 nitrogen and oxygen atoms in total. The van der Waals surface area contributed by atoms with Crippen molar-refractivity contribution in [2.45, 2.75) is 76.3 Å². The zero-order chi connectivity index (χ0) is 15.4. The minimum absolute atomic E-state index is 0. The Morgan fingerprint density at radius 2 is 1.96 bits per heavy atom. The van der Waals surface area contributed by atoms with Crippen LogP contribution in [0.2, 0.25) is 0 Å². The van der Waals surface area contributed by atoms with E-state index in [2.05, 4.69) is 9.95 Å². The number of aromatic nitrogens is 1. The molecule has 2 aliphatic carbocycles. The van der Waals surface area contributed by atoms with E-state index in [0.717, 1.165) is 6.42 Å². The van der Waals surface area contributed by atoms with E-state index in [1.54, 1.807) is 11.3 Å². The highest BCUT2D eigenvalue weighted by atomic mass is 79.9. The van der Waals surface area contributed by atoms with Crippen LogP contribution in [0.3, 0.4) is 0 Å². The summed E-state index contributed by atoms with van der Waals surface area (Å²) in [6.45, 7) is 0. The second-order valence-corrected chi connectivity index (χ2v) is 7.30. The fraction of sp³-hybridized carbons (Fsp3) is 0.765. The average molecular weight is 403 g/mol. The van der Waals surface area contributed by atoms with Crippen molar-refractivity contribution in [2.24, 2.45) is 4.99 Å². The molecule has 1 aromatic rings. The number of esters is 1. The van der Waals surface area contributed by atoms with Crippen LogP contribution in [0.5, 0.6) is 0 Å². The Balaban J connectivity index is 0.00000192. The van der Waals surface area contributed by atoms with Crippen molar-refractivity contribution in [1.29, 1.82) is 0 Å². The normalized spacial score (nSPS) is 20.0. The minimum Gasteiger partial charge on any atom is -0.469 e. The summed E-state index contributed by atoms with van der Waals surface area (Å²) < 4.78 is 7.16. The predicted octanol–water partition coefficient (Wildman–Crippen LogP) is 4.19. The molecule has 0 unspecified atom stereocenters. The summed E-state index contributed by atoms with van der Waals surface area (Å²) in [6, 6.07) is 1.11. The Morgan fingerprint density at radius 1 is 1.26 bits per heavy atom. The van der Waals surface area contributed by atoms with E-state index in [4.69, 9.17) is 9.73 Å². The van der Waals surface area contributed by atoms with Gasteiger partial charge in [-0.1, -0.05) is 25.7 Å². The summed E-state index contributed by atoms with van der Waals surface area (Å²) in [5.74, 6) is -0.129. The third-order valence-corrected chi connectivity index (χ3v) is 5.56. The second kappa shape index (κ2) is 9.02. The van der Waals surface area contributed by atoms with E-state index >= 15 is 0 Å². The molecule has 2 fully saturated rings. The first-order chi connectivity index (χ1) is 10.8. The first kappa shape index (κ1) is 18.7. The molecule has 23 heavy (non-hydrogen) atoms. The zero-order valence-electron chi connectivity index (χ0n) is 13.8. The number of halogens is 1. The topological polar surface area (TPSA) is 43.6 Å². The van der Waals surface area contributed by atoms with Crippen LogP contribution in [-0.2, 0) is 16.0 Å². The quantitative estimate of drug-likeness (QED) is 0.547. The highest BCUT2D eigenvalue weighted by Crippen LogP contribution is 2.35. The number of nitrogens with zero attached hydrogens (tertiary/aromatic N) is 2. The molecular weight excluding hydrogens is 376 g/mol. The van der Waals surface area contributed by atoms with Crippen molar-refractivity contribution in [3.05, 3.63) is 15.9 Å². The molecule has 0 saturated heterocycles. The Kier molecular flexibility index (Phi) is 7.34. The molecule has 1 aromatic heterocycles. The lowest BCUT2D eigenvalue weighted by Crippen LogP contribution is -2.20. The lowest BCUT2D eigenvalue weighted by Gasteiger charge is -2.10. The van der Waals surface area contributed by atoms with Crippen molar-refractivity contribution in [2.75, 3.05) is 7.11 Å². The maximum Gasteiger partial charge on any atom is 0.305 e. The third-order valence-electron chi connectivity index (χ3n) is 4.66. The van der Waals surface area contributed by atoms with Gasteiger partial charge in [0.1, 0.15) is 0 Å². The van der Waals surface area contributed by atoms with Gasteiger partial charge >= 0.3 is 5.97 Å². The van der Waals surface area contributed by atoms with Crippen LogP contribution in [0.25, 0.3) is 0 Å². The summed E-state index contributed by atoms with van der Waals surface area (Å²) >= 11 is 1.75. The molecule has 3 rings (SSSR count). The molecule has 0 aromatic carbocycles. The van der Waals surface area contributed by atoms with Gasteiger partial charge in [0, 0.05) is 17.1 Å². The summed E-state index contributed by atoms with van der Waals surface area (Å²) in [4.78, 5) is 17.6. The summed E-state index contributed by atoms with van der Waals surface area (Å²) in [5.41, 5.74) is 1.25. The van der Waals surface area contributed by atoms with Gasteiger partial charge in [-0.2, -0.15) is 0 Å². The van der Waals surface area contributed by atoms with Gasteiger partial charge in [0.25, 0.3) is 0 Å². The molecule has 0 spiro atoms. The monoisotopic (exact) mass is 402 g/mol. The summed E-state index contributed by atoms with van der Waals surface area (Å²) in [6.07, 6.45) is 11.6. The highest BCUT2D eigenvalue weighted by Gasteiger charge is 2.27. The molecule has 0 atom stereocenters. The largest absolute Gasteiger partial charge is 0.469 e. The molecule has 0 radical (unpaired) electrons. The standard InChI is InChI=1S/C17H26N2O2S.BrH/c1-21-16(20)11-10-15-12-22-17(19(15)14-8-9-14)18-13-6-4-2-3-5-7-13;/h12-14H,2-11H2,1H3;1H. The Labute approximate surface area is 152 Å². The number of rotatable bonds is 5. The van der Waals surface area contributed by atoms with Crippen molar-refractivity contribution >= 4 is 34.3 Å². The van der Waals surface area contributed by atoms with Crippen LogP contribution in [0.4, 0.5) is 0 Å². The smallest absolute Gasteiger partial charge is 0.305 e. The number of hydrogen-bond donors (Lipinski definition) is 0. The minimum atomic E-state index is -0.129. The molecule has 6 heteroatoms. The van der Waals surface area contributed by atoms with Gasteiger partial charge in [0.2, 0.25) is 0 Å². The fourth-order valence-electron chi connectivity index (χ4n) is 3.23. The van der Waals surface area contributed by atoms with Gasteiger partial charge < -0.3 is 9.30 Å². The number of hydrogen-bond acceptors (Lipinski definition) is 4. The van der Waals surface area contributed by atoms with E-state index in [0.29, 0.717) is 18.5 Å². The van der Waals surface area contributed by atoms with Gasteiger partial charge in [0.15, 0.2) is 4.80 Å². The Hall–Kier alpha value is -0.620. The third kappa shape index (κ3) is 5.18. The Bertz CT molecular complexity index is 569. The number of ether oxygens (including phenoxy) is 1. The van der Waals surface area contributed by atoms with E-state index in [-0.39, 0.29) is 23.0 Å². The number of carbonyl (C=O) groups excluding carboxylic acids is 1. The molecule has 0 amide bonds. The van der Waals surface area contributed by atoms with E-state index in [9.17, 15) is 4.79 Å². The molecule has 0 bridgehead atoms. The van der Waals surface area contributed by atoms with Crippen LogP contribution >= 0.6 is 28.3 Å². The molecule has 2 saturated carbocycles. The maximum absolute atomic E-state index is 11.4. The highest BCUT2D eigenvalue weighted by molar-refractivity contribution is 8.93. The van der Waals surface area contributed by atoms with Crippen molar-refractivity contribution < 1.29 is 9.53 Å². The molecule has 130 valence electrons. The fourth-order valence-corrected chi connectivity index (χ4v) is 4.29. The lowest BCUT2D eigenvalue weighted by atomic mass is 10.1. The van der Waals surface area contributed by atoms with Gasteiger partial charge in [-0.15, -0.1) is 28.3 Å². The van der Waals surface area contributed by atoms with Gasteiger partial charge in [-0.3, -0.25) is 9.79 Å². The predicted molar refractivity (Wildman–Crippen MR) is 98.3 cm³/mol. The Morgan fingerprint density at radius 3 is 2.57 bits per heavy atom. The van der Waals surface area contributed by atoms with Crippen molar-refractivity contribution in [3.63, 3.8) is 0 Å². The molecule has 0 N–H and O–H groups in total. The second-order valence-electron chi connectivity index (χ2n) is 6.46. The first-order valence-electron chi connectivity index (χ1n) is 8.57. The molecule has 2 aliphatic rings. The van der Waals surface area contributed by atoms with Gasteiger partial charge in [-0.25, -0.2) is 0 Å². The zero-order valence-corrected chi connectivity index (χ0v) is 16.4. The van der Waals surface area contributed by atoms with Crippen LogP contribution in [0, 0.1) is 0 Å². The molecule has 0 aliphatic heterocycles. The molecular formula is C17H27BrN2O2S. The lowest BCUT2D eigenvalue weighted by molar-refractivity contribution is -0.140. The van der Waals surface area contributed by atoms with Crippen molar-refractivity contribution in [1.82, 2.24) is 4.57 Å².